The second-order valence-corrected chi connectivity index (χ2v) is 5.00. The molecule has 3 heterocycles. The largest absolute Gasteiger partial charge is 0.464 e. The molecule has 2 atom stereocenters. The Balaban J connectivity index is 0.000000242. The summed E-state index contributed by atoms with van der Waals surface area (Å²) in [6, 6.07) is 6.63. The minimum absolute atomic E-state index is 0.174. The van der Waals surface area contributed by atoms with Crippen LogP contribution in [-0.4, -0.2) is 42.1 Å². The molecule has 128 valence electrons. The summed E-state index contributed by atoms with van der Waals surface area (Å²) in [5.74, 6) is -0.0169. The predicted molar refractivity (Wildman–Crippen MR) is 81.6 cm³/mol. The van der Waals surface area contributed by atoms with Crippen molar-refractivity contribution in [1.82, 2.24) is 10.2 Å². The number of amides is 2. The SMILES string of the molecule is CC=C(C(=O)OC)N1C(=O)C(NC(C)=O)C1F.c1cc2cc(c1)O2. The van der Waals surface area contributed by atoms with E-state index in [0.717, 1.165) is 18.6 Å². The maximum Gasteiger partial charge on any atom is 0.354 e. The van der Waals surface area contributed by atoms with E-state index in [2.05, 4.69) is 10.1 Å². The van der Waals surface area contributed by atoms with Gasteiger partial charge in [0, 0.05) is 13.0 Å². The van der Waals surface area contributed by atoms with Gasteiger partial charge in [-0.3, -0.25) is 14.5 Å². The van der Waals surface area contributed by atoms with Gasteiger partial charge in [0.2, 0.25) is 12.2 Å². The van der Waals surface area contributed by atoms with Gasteiger partial charge in [-0.2, -0.15) is 0 Å². The van der Waals surface area contributed by atoms with Gasteiger partial charge in [-0.15, -0.1) is 0 Å². The lowest BCUT2D eigenvalue weighted by molar-refractivity contribution is -0.163. The molecule has 2 unspecified atom stereocenters. The normalized spacial score (nSPS) is 20.6. The summed E-state index contributed by atoms with van der Waals surface area (Å²) in [6.07, 6.45) is -0.475. The van der Waals surface area contributed by atoms with Crippen LogP contribution < -0.4 is 10.1 Å². The molecule has 2 amide bonds. The van der Waals surface area contributed by atoms with Crippen LogP contribution in [-0.2, 0) is 19.1 Å². The number of hydrogen-bond acceptors (Lipinski definition) is 5. The first kappa shape index (κ1) is 17.5. The highest BCUT2D eigenvalue weighted by molar-refractivity contribution is 6.00. The molecule has 1 fully saturated rings. The molecule has 0 aromatic heterocycles. The molecule has 8 heteroatoms. The average Bonchev–Trinajstić information content (AvgIpc) is 2.57. The lowest BCUT2D eigenvalue weighted by Crippen LogP contribution is -2.68. The Bertz CT molecular complexity index is 679. The van der Waals surface area contributed by atoms with Crippen molar-refractivity contribution in [3.8, 4) is 11.5 Å². The highest BCUT2D eigenvalue weighted by Gasteiger charge is 2.51. The first-order valence-corrected chi connectivity index (χ1v) is 7.15. The van der Waals surface area contributed by atoms with E-state index in [1.807, 2.05) is 24.3 Å². The van der Waals surface area contributed by atoms with E-state index < -0.39 is 30.1 Å². The second-order valence-electron chi connectivity index (χ2n) is 5.00. The number of carbonyl (C=O) groups excluding carboxylic acids is 3. The zero-order chi connectivity index (χ0) is 17.9. The zero-order valence-electron chi connectivity index (χ0n) is 13.4. The lowest BCUT2D eigenvalue weighted by atomic mass is 10.0. The summed E-state index contributed by atoms with van der Waals surface area (Å²) >= 11 is 0. The minimum atomic E-state index is -1.75. The first-order valence-electron chi connectivity index (χ1n) is 7.15. The van der Waals surface area contributed by atoms with Gasteiger partial charge in [0.25, 0.3) is 5.91 Å². The highest BCUT2D eigenvalue weighted by atomic mass is 19.1. The Hall–Kier alpha value is -2.90. The zero-order valence-corrected chi connectivity index (χ0v) is 13.4. The molecular weight excluding hydrogens is 319 g/mol. The number of benzene rings is 1. The Kier molecular flexibility index (Phi) is 5.18. The van der Waals surface area contributed by atoms with Crippen LogP contribution in [0.2, 0.25) is 0 Å². The minimum Gasteiger partial charge on any atom is -0.464 e. The van der Waals surface area contributed by atoms with Crippen LogP contribution in [0.1, 0.15) is 13.8 Å². The predicted octanol–water partition coefficient (Wildman–Crippen LogP) is 1.50. The van der Waals surface area contributed by atoms with E-state index in [4.69, 9.17) is 4.74 Å². The third kappa shape index (κ3) is 3.37. The average molecular weight is 336 g/mol. The fraction of sp³-hybridized carbons (Fsp3) is 0.312. The monoisotopic (exact) mass is 336 g/mol. The van der Waals surface area contributed by atoms with Crippen LogP contribution in [0.5, 0.6) is 11.5 Å². The number of likely N-dealkylation sites (tertiary alicyclic amines) is 1. The molecule has 1 N–H and O–H groups in total. The van der Waals surface area contributed by atoms with Gasteiger partial charge in [0.1, 0.15) is 17.2 Å². The number of halogens is 1. The number of esters is 1. The van der Waals surface area contributed by atoms with Crippen molar-refractivity contribution in [2.75, 3.05) is 7.11 Å². The number of allylic oxidation sites excluding steroid dienone is 1. The van der Waals surface area contributed by atoms with Gasteiger partial charge < -0.3 is 14.8 Å². The van der Waals surface area contributed by atoms with Crippen molar-refractivity contribution in [2.24, 2.45) is 0 Å². The van der Waals surface area contributed by atoms with Crippen molar-refractivity contribution in [2.45, 2.75) is 26.2 Å². The molecule has 0 aliphatic carbocycles. The van der Waals surface area contributed by atoms with Crippen molar-refractivity contribution in [3.05, 3.63) is 36.0 Å². The number of rotatable bonds is 3. The summed E-state index contributed by atoms with van der Waals surface area (Å²) in [7, 11) is 1.13. The van der Waals surface area contributed by atoms with Crippen LogP contribution >= 0.6 is 0 Å². The summed E-state index contributed by atoms with van der Waals surface area (Å²) in [5.41, 5.74) is -0.174. The van der Waals surface area contributed by atoms with E-state index in [1.54, 1.807) is 0 Å². The number of fused-ring (bicyclic) bond motifs is 2. The number of carbonyl (C=O) groups is 3. The Morgan fingerprint density at radius 3 is 2.25 bits per heavy atom. The molecule has 0 radical (unpaired) electrons. The first-order chi connectivity index (χ1) is 11.4. The van der Waals surface area contributed by atoms with E-state index in [1.165, 1.54) is 19.9 Å². The molecule has 1 aromatic carbocycles. The third-order valence-electron chi connectivity index (χ3n) is 3.35. The third-order valence-corrected chi connectivity index (χ3v) is 3.35. The Morgan fingerprint density at radius 1 is 1.38 bits per heavy atom. The van der Waals surface area contributed by atoms with Gasteiger partial charge >= 0.3 is 5.97 Å². The molecule has 24 heavy (non-hydrogen) atoms. The lowest BCUT2D eigenvalue weighted by Gasteiger charge is -2.42. The summed E-state index contributed by atoms with van der Waals surface area (Å²) in [5, 5.41) is 2.16. The van der Waals surface area contributed by atoms with E-state index in [-0.39, 0.29) is 5.70 Å². The van der Waals surface area contributed by atoms with Gasteiger partial charge in [-0.1, -0.05) is 12.1 Å². The molecule has 2 bridgehead atoms. The van der Waals surface area contributed by atoms with Gasteiger partial charge in [0.05, 0.1) is 7.11 Å². The molecule has 3 aliphatic rings. The highest BCUT2D eigenvalue weighted by Crippen LogP contribution is 2.33. The molecule has 4 rings (SSSR count). The quantitative estimate of drug-likeness (QED) is 0.397. The van der Waals surface area contributed by atoms with Crippen LogP contribution in [0.3, 0.4) is 0 Å². The number of hydrogen-bond donors (Lipinski definition) is 1. The van der Waals surface area contributed by atoms with Crippen molar-refractivity contribution >= 4 is 17.8 Å². The van der Waals surface area contributed by atoms with Crippen LogP contribution in [0.15, 0.2) is 36.0 Å². The van der Waals surface area contributed by atoms with E-state index >= 15 is 0 Å². The molecule has 7 nitrogen and oxygen atoms in total. The van der Waals surface area contributed by atoms with Gasteiger partial charge in [-0.05, 0) is 19.1 Å². The van der Waals surface area contributed by atoms with Crippen molar-refractivity contribution in [3.63, 3.8) is 0 Å². The summed E-state index contributed by atoms with van der Waals surface area (Å²) < 4.78 is 23.1. The fourth-order valence-electron chi connectivity index (χ4n) is 2.20. The Morgan fingerprint density at radius 2 is 1.96 bits per heavy atom. The molecule has 0 saturated carbocycles. The van der Waals surface area contributed by atoms with E-state index in [0.29, 0.717) is 4.90 Å². The molecular formula is C16H17FN2O5. The van der Waals surface area contributed by atoms with E-state index in [9.17, 15) is 18.8 Å². The van der Waals surface area contributed by atoms with Crippen LogP contribution in [0.25, 0.3) is 0 Å². The van der Waals surface area contributed by atoms with Gasteiger partial charge in [-0.25, -0.2) is 9.18 Å². The summed E-state index contributed by atoms with van der Waals surface area (Å²) in [6.45, 7) is 2.66. The Labute approximate surface area is 138 Å². The number of methoxy groups -OCH3 is 1. The number of ether oxygens (including phenoxy) is 2. The van der Waals surface area contributed by atoms with Gasteiger partial charge in [0.15, 0.2) is 6.04 Å². The van der Waals surface area contributed by atoms with Crippen molar-refractivity contribution in [1.29, 1.82) is 0 Å². The fourth-order valence-corrected chi connectivity index (χ4v) is 2.20. The van der Waals surface area contributed by atoms with Crippen LogP contribution in [0.4, 0.5) is 4.39 Å². The topological polar surface area (TPSA) is 84.9 Å². The molecule has 1 saturated heterocycles. The standard InChI is InChI=1S/C10H13FN2O4.C6H4O/c1-4-6(10(16)17-3)13-8(11)7(9(13)15)12-5(2)14;1-2-5-4-6(3-1)7-5/h4,7-8H,1-3H3,(H,12,14);1-4H. The molecule has 0 spiro atoms. The summed E-state index contributed by atoms with van der Waals surface area (Å²) in [4.78, 5) is 34.2. The number of alkyl halides is 1. The molecule has 3 aliphatic heterocycles. The van der Waals surface area contributed by atoms with Crippen LogP contribution in [0, 0.1) is 0 Å². The molecule has 1 aromatic rings. The second kappa shape index (κ2) is 7.12. The number of nitrogens with zero attached hydrogens (tertiary/aromatic N) is 1. The smallest absolute Gasteiger partial charge is 0.354 e. The maximum atomic E-state index is 13.6. The van der Waals surface area contributed by atoms with Crippen molar-refractivity contribution < 1.29 is 28.2 Å². The number of nitrogens with one attached hydrogen (secondary N) is 1. The maximum absolute atomic E-state index is 13.6. The number of β-lactam (4-membered cyclic amide) rings is 1.